The quantitative estimate of drug-likeness (QED) is 0.875. The van der Waals surface area contributed by atoms with Gasteiger partial charge in [0.15, 0.2) is 10.4 Å². The molecule has 1 aliphatic rings. The van der Waals surface area contributed by atoms with Crippen LogP contribution in [0.25, 0.3) is 0 Å². The molecule has 0 bridgehead atoms. The molecule has 1 amide bonds. The van der Waals surface area contributed by atoms with E-state index >= 15 is 0 Å². The van der Waals surface area contributed by atoms with Crippen LogP contribution in [0.5, 0.6) is 0 Å². The number of furan rings is 1. The molecule has 0 radical (unpaired) electrons. The molecule has 0 aromatic carbocycles. The molecule has 2 atom stereocenters. The van der Waals surface area contributed by atoms with E-state index in [0.717, 1.165) is 19.3 Å². The molecule has 1 saturated carbocycles. The van der Waals surface area contributed by atoms with Gasteiger partial charge in [-0.15, -0.1) is 0 Å². The van der Waals surface area contributed by atoms with Gasteiger partial charge in [0.25, 0.3) is 5.91 Å². The van der Waals surface area contributed by atoms with Crippen LogP contribution in [0, 0.1) is 0 Å². The van der Waals surface area contributed by atoms with Gasteiger partial charge in [0, 0.05) is 6.04 Å². The summed E-state index contributed by atoms with van der Waals surface area (Å²) in [7, 11) is 0. The molecule has 16 heavy (non-hydrogen) atoms. The molecular weight excluding hydrogens is 274 g/mol. The van der Waals surface area contributed by atoms with Gasteiger partial charge in [-0.05, 0) is 53.7 Å². The zero-order valence-corrected chi connectivity index (χ0v) is 10.4. The fourth-order valence-corrected chi connectivity index (χ4v) is 2.29. The van der Waals surface area contributed by atoms with Crippen LogP contribution < -0.4 is 5.32 Å². The number of aliphatic hydroxyl groups is 1. The highest BCUT2D eigenvalue weighted by Gasteiger charge is 2.22. The van der Waals surface area contributed by atoms with Crippen molar-refractivity contribution in [1.82, 2.24) is 5.32 Å². The highest BCUT2D eigenvalue weighted by atomic mass is 79.9. The van der Waals surface area contributed by atoms with Gasteiger partial charge in [-0.25, -0.2) is 0 Å². The van der Waals surface area contributed by atoms with Crippen LogP contribution >= 0.6 is 15.9 Å². The van der Waals surface area contributed by atoms with Gasteiger partial charge in [0.1, 0.15) is 0 Å². The largest absolute Gasteiger partial charge is 0.444 e. The summed E-state index contributed by atoms with van der Waals surface area (Å²) < 4.78 is 5.70. The standard InChI is InChI=1S/C11H14BrNO3/c12-10-5-4-9(16-10)11(15)13-7-2-1-3-8(14)6-7/h4-5,7-8,14H,1-3,6H2,(H,13,15). The molecule has 0 aliphatic heterocycles. The van der Waals surface area contributed by atoms with Gasteiger partial charge >= 0.3 is 0 Å². The number of nitrogens with one attached hydrogen (secondary N) is 1. The summed E-state index contributed by atoms with van der Waals surface area (Å²) in [4.78, 5) is 11.7. The molecule has 0 spiro atoms. The van der Waals surface area contributed by atoms with Crippen molar-refractivity contribution >= 4 is 21.8 Å². The van der Waals surface area contributed by atoms with Crippen molar-refractivity contribution in [2.24, 2.45) is 0 Å². The predicted octanol–water partition coefficient (Wildman–Crippen LogP) is 2.08. The smallest absolute Gasteiger partial charge is 0.287 e. The second-order valence-corrected chi connectivity index (χ2v) is 4.88. The van der Waals surface area contributed by atoms with E-state index in [1.165, 1.54) is 0 Å². The maximum absolute atomic E-state index is 11.7. The van der Waals surface area contributed by atoms with Crippen molar-refractivity contribution in [2.45, 2.75) is 37.8 Å². The van der Waals surface area contributed by atoms with Crippen LogP contribution in [0.15, 0.2) is 21.2 Å². The second-order valence-electron chi connectivity index (χ2n) is 4.09. The average molecular weight is 288 g/mol. The average Bonchev–Trinajstić information content (AvgIpc) is 2.65. The first kappa shape index (κ1) is 11.7. The molecule has 0 saturated heterocycles. The van der Waals surface area contributed by atoms with Gasteiger partial charge in [-0.2, -0.15) is 0 Å². The molecule has 1 aliphatic carbocycles. The highest BCUT2D eigenvalue weighted by molar-refractivity contribution is 9.10. The lowest BCUT2D eigenvalue weighted by atomic mass is 9.93. The first-order valence-electron chi connectivity index (χ1n) is 5.39. The molecule has 4 nitrogen and oxygen atoms in total. The maximum atomic E-state index is 11.7. The zero-order chi connectivity index (χ0) is 11.5. The predicted molar refractivity (Wildman–Crippen MR) is 62.1 cm³/mol. The summed E-state index contributed by atoms with van der Waals surface area (Å²) in [6.45, 7) is 0. The Balaban J connectivity index is 1.92. The van der Waals surface area contributed by atoms with E-state index < -0.39 is 0 Å². The Bertz CT molecular complexity index is 377. The Kier molecular flexibility index (Phi) is 3.66. The third-order valence-corrected chi connectivity index (χ3v) is 3.20. The summed E-state index contributed by atoms with van der Waals surface area (Å²) >= 11 is 3.15. The fraction of sp³-hybridized carbons (Fsp3) is 0.545. The van der Waals surface area contributed by atoms with E-state index in [2.05, 4.69) is 21.2 Å². The number of hydrogen-bond acceptors (Lipinski definition) is 3. The minimum atomic E-state index is -0.289. The molecule has 1 aromatic heterocycles. The van der Waals surface area contributed by atoms with E-state index in [1.807, 2.05) is 0 Å². The number of aliphatic hydroxyl groups excluding tert-OH is 1. The Morgan fingerprint density at radius 2 is 2.31 bits per heavy atom. The molecular formula is C11H14BrNO3. The second kappa shape index (κ2) is 5.01. The lowest BCUT2D eigenvalue weighted by Crippen LogP contribution is -2.39. The number of amides is 1. The van der Waals surface area contributed by atoms with Crippen LogP contribution in [0.4, 0.5) is 0 Å². The van der Waals surface area contributed by atoms with Crippen molar-refractivity contribution in [3.05, 3.63) is 22.6 Å². The van der Waals surface area contributed by atoms with Crippen molar-refractivity contribution in [3.63, 3.8) is 0 Å². The lowest BCUT2D eigenvalue weighted by Gasteiger charge is -2.26. The maximum Gasteiger partial charge on any atom is 0.287 e. The first-order valence-corrected chi connectivity index (χ1v) is 6.18. The van der Waals surface area contributed by atoms with E-state index in [4.69, 9.17) is 4.42 Å². The number of carbonyl (C=O) groups excluding carboxylic acids is 1. The van der Waals surface area contributed by atoms with Crippen molar-refractivity contribution < 1.29 is 14.3 Å². The van der Waals surface area contributed by atoms with Crippen molar-refractivity contribution in [1.29, 1.82) is 0 Å². The lowest BCUT2D eigenvalue weighted by molar-refractivity contribution is 0.0824. The molecule has 1 aromatic rings. The normalized spacial score (nSPS) is 25.4. The number of halogens is 1. The van der Waals surface area contributed by atoms with Gasteiger partial charge in [-0.1, -0.05) is 0 Å². The number of rotatable bonds is 2. The Labute approximate surface area is 102 Å². The van der Waals surface area contributed by atoms with Crippen LogP contribution in [-0.4, -0.2) is 23.2 Å². The summed E-state index contributed by atoms with van der Waals surface area (Å²) in [6, 6.07) is 3.36. The van der Waals surface area contributed by atoms with E-state index in [-0.39, 0.29) is 18.1 Å². The topological polar surface area (TPSA) is 62.5 Å². The monoisotopic (exact) mass is 287 g/mol. The minimum absolute atomic E-state index is 0.0557. The van der Waals surface area contributed by atoms with E-state index in [1.54, 1.807) is 12.1 Å². The summed E-state index contributed by atoms with van der Waals surface area (Å²) in [5.41, 5.74) is 0. The molecule has 2 rings (SSSR count). The Hall–Kier alpha value is -0.810. The molecule has 88 valence electrons. The van der Waals surface area contributed by atoms with E-state index in [0.29, 0.717) is 16.9 Å². The van der Waals surface area contributed by atoms with Gasteiger partial charge in [0.2, 0.25) is 0 Å². The van der Waals surface area contributed by atoms with Crippen LogP contribution in [-0.2, 0) is 0 Å². The SMILES string of the molecule is O=C(NC1CCCC(O)C1)c1ccc(Br)o1. The minimum Gasteiger partial charge on any atom is -0.444 e. The van der Waals surface area contributed by atoms with Gasteiger partial charge < -0.3 is 14.8 Å². The fourth-order valence-electron chi connectivity index (χ4n) is 1.99. The van der Waals surface area contributed by atoms with Crippen LogP contribution in [0.2, 0.25) is 0 Å². The van der Waals surface area contributed by atoms with E-state index in [9.17, 15) is 9.90 Å². The van der Waals surface area contributed by atoms with Crippen LogP contribution in [0.3, 0.4) is 0 Å². The Morgan fingerprint density at radius 1 is 1.50 bits per heavy atom. The van der Waals surface area contributed by atoms with Crippen molar-refractivity contribution in [2.75, 3.05) is 0 Å². The van der Waals surface area contributed by atoms with Gasteiger partial charge in [-0.3, -0.25) is 4.79 Å². The number of carbonyl (C=O) groups is 1. The third kappa shape index (κ3) is 2.86. The third-order valence-electron chi connectivity index (χ3n) is 2.78. The van der Waals surface area contributed by atoms with Gasteiger partial charge in [0.05, 0.1) is 6.10 Å². The molecule has 2 N–H and O–H groups in total. The summed E-state index contributed by atoms with van der Waals surface area (Å²) in [5, 5.41) is 12.4. The molecule has 1 fully saturated rings. The molecule has 1 heterocycles. The summed E-state index contributed by atoms with van der Waals surface area (Å²) in [6.07, 6.45) is 3.05. The number of hydrogen-bond donors (Lipinski definition) is 2. The first-order chi connectivity index (χ1) is 7.65. The molecule has 2 unspecified atom stereocenters. The zero-order valence-electron chi connectivity index (χ0n) is 8.78. The highest BCUT2D eigenvalue weighted by Crippen LogP contribution is 2.19. The Morgan fingerprint density at radius 3 is 2.94 bits per heavy atom. The van der Waals surface area contributed by atoms with Crippen LogP contribution in [0.1, 0.15) is 36.2 Å². The van der Waals surface area contributed by atoms with Crippen molar-refractivity contribution in [3.8, 4) is 0 Å². The summed E-state index contributed by atoms with van der Waals surface area (Å²) in [5.74, 6) is 0.0803. The molecule has 5 heteroatoms.